The zero-order valence-electron chi connectivity index (χ0n) is 13.2. The first-order valence-electron chi connectivity index (χ1n) is 7.07. The van der Waals surface area contributed by atoms with Gasteiger partial charge in [-0.1, -0.05) is 20.3 Å². The number of nitrogens with two attached hydrogens (primary N) is 1. The number of thiol groups is 1. The summed E-state index contributed by atoms with van der Waals surface area (Å²) in [6, 6.07) is -2.15. The van der Waals surface area contributed by atoms with Gasteiger partial charge in [-0.3, -0.25) is 19.2 Å². The van der Waals surface area contributed by atoms with Crippen molar-refractivity contribution in [2.75, 3.05) is 12.3 Å². The van der Waals surface area contributed by atoms with Gasteiger partial charge in [0, 0.05) is 12.2 Å². The van der Waals surface area contributed by atoms with E-state index < -0.39 is 42.4 Å². The maximum absolute atomic E-state index is 11.5. The first-order valence-corrected chi connectivity index (χ1v) is 7.70. The molecule has 2 amide bonds. The van der Waals surface area contributed by atoms with Crippen molar-refractivity contribution in [3.05, 3.63) is 0 Å². The van der Waals surface area contributed by atoms with Crippen LogP contribution in [0.1, 0.15) is 33.1 Å². The Labute approximate surface area is 140 Å². The highest BCUT2D eigenvalue weighted by atomic mass is 32.1. The molecule has 134 valence electrons. The van der Waals surface area contributed by atoms with Crippen molar-refractivity contribution in [1.29, 1.82) is 0 Å². The number of hydrogen-bond acceptors (Lipinski definition) is 6. The summed E-state index contributed by atoms with van der Waals surface area (Å²) in [5.41, 5.74) is 5.23. The van der Waals surface area contributed by atoms with Gasteiger partial charge in [0.25, 0.3) is 0 Å². The molecule has 0 rings (SSSR count). The van der Waals surface area contributed by atoms with E-state index >= 15 is 0 Å². The van der Waals surface area contributed by atoms with Crippen LogP contribution in [-0.4, -0.2) is 58.3 Å². The summed E-state index contributed by atoms with van der Waals surface area (Å²) in [7, 11) is 0. The van der Waals surface area contributed by atoms with Crippen LogP contribution in [0.5, 0.6) is 0 Å². The van der Waals surface area contributed by atoms with Crippen LogP contribution in [-0.2, 0) is 19.2 Å². The molecular formula is C13H25N3O6S. The molecule has 6 N–H and O–H groups in total. The number of carboxylic acids is 2. The molecule has 0 fully saturated rings. The van der Waals surface area contributed by atoms with Gasteiger partial charge >= 0.3 is 11.9 Å². The van der Waals surface area contributed by atoms with Crippen molar-refractivity contribution in [2.45, 2.75) is 45.2 Å². The summed E-state index contributed by atoms with van der Waals surface area (Å²) in [6.45, 7) is 3.68. The first kappa shape index (κ1) is 23.5. The van der Waals surface area contributed by atoms with Gasteiger partial charge < -0.3 is 26.6 Å². The lowest BCUT2D eigenvalue weighted by molar-refractivity contribution is -0.139. The number of carbonyl (C=O) groups is 4. The Balaban J connectivity index is 0. The van der Waals surface area contributed by atoms with Crippen molar-refractivity contribution < 1.29 is 29.4 Å². The predicted octanol–water partition coefficient (Wildman–Crippen LogP) is -0.790. The first-order chi connectivity index (χ1) is 10.7. The summed E-state index contributed by atoms with van der Waals surface area (Å²) in [5.74, 6) is -3.70. The maximum atomic E-state index is 11.5. The lowest BCUT2D eigenvalue weighted by atomic mass is 10.1. The molecule has 0 aromatic heterocycles. The number of aliphatic carboxylic acids is 2. The molecule has 0 aromatic rings. The van der Waals surface area contributed by atoms with Gasteiger partial charge in [0.2, 0.25) is 11.8 Å². The van der Waals surface area contributed by atoms with Gasteiger partial charge in [0.15, 0.2) is 0 Å². The van der Waals surface area contributed by atoms with Gasteiger partial charge in [-0.15, -0.1) is 0 Å². The maximum Gasteiger partial charge on any atom is 0.322 e. The van der Waals surface area contributed by atoms with Crippen LogP contribution in [0.3, 0.4) is 0 Å². The number of amides is 2. The molecule has 9 nitrogen and oxygen atoms in total. The Morgan fingerprint density at radius 1 is 1.17 bits per heavy atom. The Kier molecular flexibility index (Phi) is 14.1. The topological polar surface area (TPSA) is 159 Å². The highest BCUT2D eigenvalue weighted by Gasteiger charge is 2.20. The summed E-state index contributed by atoms with van der Waals surface area (Å²) in [6.07, 6.45) is 1.02. The summed E-state index contributed by atoms with van der Waals surface area (Å²) in [5, 5.41) is 21.4. The number of rotatable bonds is 9. The minimum atomic E-state index is -1.22. The number of hydrogen-bond donors (Lipinski definition) is 6. The lowest BCUT2D eigenvalue weighted by Crippen LogP contribution is -2.49. The van der Waals surface area contributed by atoms with Crippen LogP contribution in [0.2, 0.25) is 0 Å². The smallest absolute Gasteiger partial charge is 0.322 e. The van der Waals surface area contributed by atoms with Crippen LogP contribution in [0.15, 0.2) is 0 Å². The molecule has 0 aromatic carbocycles. The summed E-state index contributed by atoms with van der Waals surface area (Å²) in [4.78, 5) is 43.7. The molecule has 0 bridgehead atoms. The van der Waals surface area contributed by atoms with Crippen LogP contribution in [0, 0.1) is 0 Å². The van der Waals surface area contributed by atoms with E-state index in [0.717, 1.165) is 0 Å². The van der Waals surface area contributed by atoms with Gasteiger partial charge in [0.1, 0.15) is 18.6 Å². The van der Waals surface area contributed by atoms with Crippen molar-refractivity contribution in [3.8, 4) is 0 Å². The van der Waals surface area contributed by atoms with E-state index in [4.69, 9.17) is 15.9 Å². The predicted molar refractivity (Wildman–Crippen MR) is 87.2 cm³/mol. The molecule has 0 aliphatic heterocycles. The second-order valence-corrected chi connectivity index (χ2v) is 4.97. The lowest BCUT2D eigenvalue weighted by Gasteiger charge is -2.16. The van der Waals surface area contributed by atoms with E-state index in [1.165, 1.54) is 6.42 Å². The highest BCUT2D eigenvalue weighted by molar-refractivity contribution is 7.80. The van der Waals surface area contributed by atoms with Crippen LogP contribution in [0.4, 0.5) is 0 Å². The van der Waals surface area contributed by atoms with Crippen molar-refractivity contribution in [2.24, 2.45) is 5.73 Å². The molecule has 10 heteroatoms. The summed E-state index contributed by atoms with van der Waals surface area (Å²) < 4.78 is 0. The van der Waals surface area contributed by atoms with E-state index in [2.05, 4.69) is 37.1 Å². The van der Waals surface area contributed by atoms with Gasteiger partial charge in [0.05, 0.1) is 0 Å². The standard InChI is InChI=1S/C10H17N3O6S.C3H8/c11-5(10(18)19)1-2-7(14)13-6(4-20)9(17)12-3-8(15)16;1-3-2/h5-6,20H,1-4,11H2,(H,12,17)(H,13,14)(H,15,16)(H,18,19);3H2,1-2H3. The van der Waals surface area contributed by atoms with Crippen LogP contribution in [0.25, 0.3) is 0 Å². The molecule has 2 atom stereocenters. The number of carbonyl (C=O) groups excluding carboxylic acids is 2. The third-order valence-electron chi connectivity index (χ3n) is 2.25. The Bertz CT molecular complexity index is 405. The largest absolute Gasteiger partial charge is 0.480 e. The van der Waals surface area contributed by atoms with Crippen LogP contribution >= 0.6 is 12.6 Å². The molecular weight excluding hydrogens is 326 g/mol. The molecule has 0 radical (unpaired) electrons. The molecule has 0 aliphatic carbocycles. The van der Waals surface area contributed by atoms with Crippen molar-refractivity contribution >= 4 is 36.4 Å². The average Bonchev–Trinajstić information content (AvgIpc) is 2.48. The second-order valence-electron chi connectivity index (χ2n) is 4.60. The minimum absolute atomic E-state index is 0.0256. The fourth-order valence-corrected chi connectivity index (χ4v) is 1.41. The van der Waals surface area contributed by atoms with Gasteiger partial charge in [-0.2, -0.15) is 12.6 Å². The van der Waals surface area contributed by atoms with E-state index in [0.29, 0.717) is 0 Å². The Morgan fingerprint density at radius 2 is 1.70 bits per heavy atom. The quantitative estimate of drug-likeness (QED) is 0.297. The van der Waals surface area contributed by atoms with Crippen molar-refractivity contribution in [3.63, 3.8) is 0 Å². The zero-order valence-corrected chi connectivity index (χ0v) is 14.1. The van der Waals surface area contributed by atoms with E-state index in [9.17, 15) is 19.2 Å². The van der Waals surface area contributed by atoms with Gasteiger partial charge in [-0.05, 0) is 6.42 Å². The monoisotopic (exact) mass is 351 g/mol. The van der Waals surface area contributed by atoms with Gasteiger partial charge in [-0.25, -0.2) is 0 Å². The SMILES string of the molecule is CCC.NC(CCC(=O)NC(CS)C(=O)NCC(=O)O)C(=O)O. The summed E-state index contributed by atoms with van der Waals surface area (Å²) >= 11 is 3.87. The van der Waals surface area contributed by atoms with Crippen molar-refractivity contribution in [1.82, 2.24) is 10.6 Å². The second kappa shape index (κ2) is 13.8. The Hall–Kier alpha value is -1.81. The van der Waals surface area contributed by atoms with E-state index in [1.54, 1.807) is 0 Å². The third-order valence-corrected chi connectivity index (χ3v) is 2.61. The van der Waals surface area contributed by atoms with E-state index in [1.807, 2.05) is 0 Å². The normalized spacial score (nSPS) is 12.2. The Morgan fingerprint density at radius 3 is 2.09 bits per heavy atom. The average molecular weight is 351 g/mol. The molecule has 0 spiro atoms. The van der Waals surface area contributed by atoms with Crippen LogP contribution < -0.4 is 16.4 Å². The zero-order chi connectivity index (χ0) is 18.4. The molecule has 2 unspecified atom stereocenters. The fraction of sp³-hybridized carbons (Fsp3) is 0.692. The number of nitrogens with one attached hydrogen (secondary N) is 2. The fourth-order valence-electron chi connectivity index (χ4n) is 1.16. The molecule has 0 aliphatic rings. The third kappa shape index (κ3) is 13.6. The molecule has 23 heavy (non-hydrogen) atoms. The molecule has 0 saturated carbocycles. The minimum Gasteiger partial charge on any atom is -0.480 e. The van der Waals surface area contributed by atoms with E-state index in [-0.39, 0.29) is 18.6 Å². The molecule has 0 saturated heterocycles. The molecule has 0 heterocycles. The number of carboxylic acid groups (broad SMARTS) is 2. The highest BCUT2D eigenvalue weighted by Crippen LogP contribution is 1.97.